The van der Waals surface area contributed by atoms with Crippen molar-refractivity contribution in [3.8, 4) is 5.75 Å². The summed E-state index contributed by atoms with van der Waals surface area (Å²) in [5.41, 5.74) is 17.8. The van der Waals surface area contributed by atoms with Crippen LogP contribution < -0.4 is 31.0 Å². The maximum atomic E-state index is 13.4. The van der Waals surface area contributed by atoms with E-state index in [-0.39, 0.29) is 4.90 Å². The molecule has 1 saturated heterocycles. The molecule has 0 aromatic heterocycles. The zero-order valence-electron chi connectivity index (χ0n) is 24.4. The van der Waals surface area contributed by atoms with Crippen molar-refractivity contribution >= 4 is 32.6 Å². The van der Waals surface area contributed by atoms with Crippen LogP contribution in [-0.4, -0.2) is 77.3 Å². The lowest BCUT2D eigenvalue weighted by atomic mass is 10.0. The van der Waals surface area contributed by atoms with Gasteiger partial charge in [0.2, 0.25) is 0 Å². The Morgan fingerprint density at radius 1 is 0.902 bits per heavy atom. The minimum atomic E-state index is -3.61. The Kier molecular flexibility index (Phi) is 8.18. The van der Waals surface area contributed by atoms with Crippen molar-refractivity contribution in [3.05, 3.63) is 72.3 Å². The SMILES string of the molecule is COc1cc(N(C)N2CCN(C)CC2)ccc1N1c2ccccc2C(N)N(c2ccccc2S(=O)(=O)C(C)C)C1N. The van der Waals surface area contributed by atoms with Gasteiger partial charge in [-0.2, -0.15) is 0 Å². The molecule has 11 heteroatoms. The first-order valence-electron chi connectivity index (χ1n) is 13.9. The quantitative estimate of drug-likeness (QED) is 0.432. The highest BCUT2D eigenvalue weighted by Gasteiger charge is 2.40. The van der Waals surface area contributed by atoms with Gasteiger partial charge in [0.05, 0.1) is 40.0 Å². The van der Waals surface area contributed by atoms with Gasteiger partial charge in [-0.25, -0.2) is 13.4 Å². The number of fused-ring (bicyclic) bond motifs is 1. The average Bonchev–Trinajstić information content (AvgIpc) is 2.97. The van der Waals surface area contributed by atoms with Crippen LogP contribution >= 0.6 is 0 Å². The van der Waals surface area contributed by atoms with E-state index in [4.69, 9.17) is 16.2 Å². The van der Waals surface area contributed by atoms with Gasteiger partial charge < -0.3 is 30.2 Å². The summed E-state index contributed by atoms with van der Waals surface area (Å²) < 4.78 is 32.7. The second-order valence-corrected chi connectivity index (χ2v) is 13.4. The monoisotopic (exact) mass is 579 g/mol. The van der Waals surface area contributed by atoms with Gasteiger partial charge in [0.25, 0.3) is 0 Å². The number of nitrogens with zero attached hydrogens (tertiary/aromatic N) is 5. The van der Waals surface area contributed by atoms with Crippen LogP contribution in [0.1, 0.15) is 25.6 Å². The molecule has 0 amide bonds. The van der Waals surface area contributed by atoms with Crippen LogP contribution in [-0.2, 0) is 9.84 Å². The Balaban J connectivity index is 1.60. The zero-order valence-corrected chi connectivity index (χ0v) is 25.3. The highest BCUT2D eigenvalue weighted by atomic mass is 32.2. The van der Waals surface area contributed by atoms with Crippen molar-refractivity contribution < 1.29 is 13.2 Å². The molecule has 1 fully saturated rings. The van der Waals surface area contributed by atoms with E-state index < -0.39 is 27.5 Å². The van der Waals surface area contributed by atoms with Crippen molar-refractivity contribution in [2.45, 2.75) is 36.4 Å². The fourth-order valence-corrected chi connectivity index (χ4v) is 6.83. The largest absolute Gasteiger partial charge is 0.494 e. The van der Waals surface area contributed by atoms with E-state index in [0.717, 1.165) is 48.8 Å². The van der Waals surface area contributed by atoms with E-state index in [9.17, 15) is 8.42 Å². The maximum absolute atomic E-state index is 13.4. The van der Waals surface area contributed by atoms with E-state index in [1.54, 1.807) is 44.1 Å². The van der Waals surface area contributed by atoms with Crippen molar-refractivity contribution in [3.63, 3.8) is 0 Å². The number of benzene rings is 3. The fourth-order valence-electron chi connectivity index (χ4n) is 5.59. The Hall–Kier alpha value is -3.35. The van der Waals surface area contributed by atoms with Crippen LogP contribution in [0.3, 0.4) is 0 Å². The number of para-hydroxylation sites is 2. The van der Waals surface area contributed by atoms with Crippen LogP contribution in [0.15, 0.2) is 71.6 Å². The summed E-state index contributed by atoms with van der Waals surface area (Å²) in [6.45, 7) is 7.23. The van der Waals surface area contributed by atoms with Crippen molar-refractivity contribution in [1.29, 1.82) is 0 Å². The summed E-state index contributed by atoms with van der Waals surface area (Å²) in [5.74, 6) is 0.646. The number of hydrogen-bond donors (Lipinski definition) is 2. The van der Waals surface area contributed by atoms with Crippen LogP contribution in [0.5, 0.6) is 5.75 Å². The number of hydrazine groups is 1. The number of rotatable bonds is 7. The summed E-state index contributed by atoms with van der Waals surface area (Å²) in [7, 11) is 2.24. The third-order valence-electron chi connectivity index (χ3n) is 8.14. The molecule has 0 saturated carbocycles. The predicted octanol–water partition coefficient (Wildman–Crippen LogP) is 3.33. The lowest BCUT2D eigenvalue weighted by Crippen LogP contribution is -2.59. The molecular formula is C30H41N7O3S. The van der Waals surface area contributed by atoms with Crippen LogP contribution in [0, 0.1) is 0 Å². The number of nitrogens with two attached hydrogens (primary N) is 2. The van der Waals surface area contributed by atoms with Crippen molar-refractivity contribution in [1.82, 2.24) is 9.91 Å². The molecule has 0 aliphatic carbocycles. The van der Waals surface area contributed by atoms with Crippen molar-refractivity contribution in [2.24, 2.45) is 11.5 Å². The molecule has 2 atom stereocenters. The fraction of sp³-hybridized carbons (Fsp3) is 0.400. The molecule has 3 aromatic rings. The standard InChI is InChI=1S/C30H41N7O3S/c1-21(2)41(38,39)28-13-9-8-12-26(28)37-29(31)23-10-6-7-11-24(23)36(30(37)32)25-15-14-22(20-27(25)40-5)34(4)35-18-16-33(3)17-19-35/h6-15,20-21,29-30H,16-19,31-32H2,1-5H3. The van der Waals surface area contributed by atoms with E-state index in [2.05, 4.69) is 35.1 Å². The molecule has 2 heterocycles. The minimum absolute atomic E-state index is 0.205. The van der Waals surface area contributed by atoms with Gasteiger partial charge in [0.15, 0.2) is 16.1 Å². The van der Waals surface area contributed by atoms with Gasteiger partial charge in [-0.05, 0) is 51.2 Å². The van der Waals surface area contributed by atoms with Gasteiger partial charge in [0, 0.05) is 44.9 Å². The summed E-state index contributed by atoms with van der Waals surface area (Å²) in [4.78, 5) is 6.28. The Morgan fingerprint density at radius 3 is 2.20 bits per heavy atom. The molecule has 0 bridgehead atoms. The number of sulfone groups is 1. The first-order chi connectivity index (χ1) is 19.6. The summed E-state index contributed by atoms with van der Waals surface area (Å²) >= 11 is 0. The van der Waals surface area contributed by atoms with E-state index in [1.807, 2.05) is 47.4 Å². The Morgan fingerprint density at radius 2 is 1.54 bits per heavy atom. The predicted molar refractivity (Wildman–Crippen MR) is 165 cm³/mol. The smallest absolute Gasteiger partial charge is 0.182 e. The third-order valence-corrected chi connectivity index (χ3v) is 10.3. The Labute approximate surface area is 243 Å². The second-order valence-electron chi connectivity index (χ2n) is 10.9. The van der Waals surface area contributed by atoms with E-state index in [0.29, 0.717) is 11.4 Å². The number of ether oxygens (including phenoxy) is 1. The van der Waals surface area contributed by atoms with Gasteiger partial charge in [-0.1, -0.05) is 30.3 Å². The minimum Gasteiger partial charge on any atom is -0.494 e. The highest BCUT2D eigenvalue weighted by molar-refractivity contribution is 7.92. The first-order valence-corrected chi connectivity index (χ1v) is 15.5. The summed E-state index contributed by atoms with van der Waals surface area (Å²) in [6, 6.07) is 20.8. The summed E-state index contributed by atoms with van der Waals surface area (Å²) in [5, 5.41) is 3.89. The van der Waals surface area contributed by atoms with Gasteiger partial charge in [-0.15, -0.1) is 0 Å². The molecule has 2 aliphatic heterocycles. The molecule has 0 spiro atoms. The van der Waals surface area contributed by atoms with Gasteiger partial charge >= 0.3 is 0 Å². The molecule has 220 valence electrons. The molecule has 41 heavy (non-hydrogen) atoms. The zero-order chi connectivity index (χ0) is 29.5. The van der Waals surface area contributed by atoms with Gasteiger partial charge in [0.1, 0.15) is 11.9 Å². The highest BCUT2D eigenvalue weighted by Crippen LogP contribution is 2.46. The molecule has 3 aromatic carbocycles. The Bertz CT molecular complexity index is 1490. The molecule has 5 rings (SSSR count). The number of piperazine rings is 1. The number of likely N-dealkylation sites (N-methyl/N-ethyl adjacent to an activating group) is 1. The maximum Gasteiger partial charge on any atom is 0.182 e. The molecule has 2 aliphatic rings. The second kappa shape index (κ2) is 11.5. The number of hydrogen-bond acceptors (Lipinski definition) is 10. The first kappa shape index (κ1) is 29.2. The summed E-state index contributed by atoms with van der Waals surface area (Å²) in [6.07, 6.45) is -1.49. The molecule has 4 N–H and O–H groups in total. The van der Waals surface area contributed by atoms with E-state index >= 15 is 0 Å². The third kappa shape index (κ3) is 5.24. The molecular weight excluding hydrogens is 538 g/mol. The number of methoxy groups -OCH3 is 1. The normalized spacial score (nSPS) is 20.3. The van der Waals surface area contributed by atoms with Crippen LogP contribution in [0.4, 0.5) is 22.7 Å². The molecule has 0 radical (unpaired) electrons. The van der Waals surface area contributed by atoms with Gasteiger partial charge in [-0.3, -0.25) is 5.73 Å². The lowest BCUT2D eigenvalue weighted by Gasteiger charge is -2.48. The van der Waals surface area contributed by atoms with Crippen LogP contribution in [0.25, 0.3) is 0 Å². The van der Waals surface area contributed by atoms with Crippen LogP contribution in [0.2, 0.25) is 0 Å². The molecule has 2 unspecified atom stereocenters. The van der Waals surface area contributed by atoms with E-state index in [1.165, 1.54) is 0 Å². The lowest BCUT2D eigenvalue weighted by molar-refractivity contribution is 0.148. The van der Waals surface area contributed by atoms with Crippen molar-refractivity contribution in [2.75, 3.05) is 62.2 Å². The topological polar surface area (TPSA) is 112 Å². The molecule has 10 nitrogen and oxygen atoms in total. The number of anilines is 4. The average molecular weight is 580 g/mol.